The van der Waals surface area contributed by atoms with E-state index in [0.717, 1.165) is 5.69 Å². The lowest BCUT2D eigenvalue weighted by molar-refractivity contribution is -0.384. The molecule has 1 aliphatic rings. The number of para-hydroxylation sites is 3. The zero-order valence-corrected chi connectivity index (χ0v) is 13.8. The third-order valence-corrected chi connectivity index (χ3v) is 4.27. The van der Waals surface area contributed by atoms with E-state index in [0.29, 0.717) is 31.9 Å². The Bertz CT molecular complexity index is 743. The fraction of sp³-hybridized carbons (Fsp3) is 0.278. The van der Waals surface area contributed by atoms with E-state index in [-0.39, 0.29) is 23.1 Å². The van der Waals surface area contributed by atoms with Gasteiger partial charge in [0, 0.05) is 37.9 Å². The quantitative estimate of drug-likeness (QED) is 0.668. The first-order chi connectivity index (χ1) is 12.1. The van der Waals surface area contributed by atoms with E-state index in [1.165, 1.54) is 6.07 Å². The van der Waals surface area contributed by atoms with Gasteiger partial charge in [-0.05, 0) is 18.2 Å². The fourth-order valence-corrected chi connectivity index (χ4v) is 2.93. The van der Waals surface area contributed by atoms with Crippen LogP contribution in [0.1, 0.15) is 0 Å². The number of nitro groups is 1. The second-order valence-corrected chi connectivity index (χ2v) is 5.83. The van der Waals surface area contributed by atoms with Crippen LogP contribution in [0.25, 0.3) is 0 Å². The van der Waals surface area contributed by atoms with Gasteiger partial charge in [0.1, 0.15) is 5.69 Å². The summed E-state index contributed by atoms with van der Waals surface area (Å²) < 4.78 is 0. The van der Waals surface area contributed by atoms with Crippen LogP contribution in [0.15, 0.2) is 54.6 Å². The van der Waals surface area contributed by atoms with Crippen LogP contribution in [-0.2, 0) is 4.79 Å². The Hall–Kier alpha value is -3.09. The molecule has 0 saturated carbocycles. The molecule has 2 aromatic carbocycles. The van der Waals surface area contributed by atoms with Crippen LogP contribution < -0.4 is 10.2 Å². The van der Waals surface area contributed by atoms with Gasteiger partial charge in [-0.2, -0.15) is 0 Å². The molecule has 7 heteroatoms. The zero-order chi connectivity index (χ0) is 17.6. The summed E-state index contributed by atoms with van der Waals surface area (Å²) in [5.74, 6) is 0.0334. The van der Waals surface area contributed by atoms with Crippen molar-refractivity contribution >= 4 is 23.0 Å². The van der Waals surface area contributed by atoms with Crippen molar-refractivity contribution in [1.29, 1.82) is 0 Å². The van der Waals surface area contributed by atoms with Crippen LogP contribution in [0.3, 0.4) is 0 Å². The van der Waals surface area contributed by atoms with Gasteiger partial charge in [-0.15, -0.1) is 0 Å². The maximum absolute atomic E-state index is 12.3. The molecule has 0 bridgehead atoms. The second-order valence-electron chi connectivity index (χ2n) is 5.83. The number of nitrogens with zero attached hydrogens (tertiary/aromatic N) is 3. The predicted molar refractivity (Wildman–Crippen MR) is 96.8 cm³/mol. The molecule has 0 atom stereocenters. The van der Waals surface area contributed by atoms with Crippen LogP contribution in [0.2, 0.25) is 0 Å². The van der Waals surface area contributed by atoms with Crippen molar-refractivity contribution in [2.75, 3.05) is 42.9 Å². The van der Waals surface area contributed by atoms with Crippen LogP contribution >= 0.6 is 0 Å². The van der Waals surface area contributed by atoms with Crippen molar-refractivity contribution < 1.29 is 9.72 Å². The predicted octanol–water partition coefficient (Wildman–Crippen LogP) is 2.36. The lowest BCUT2D eigenvalue weighted by atomic mass is 10.2. The number of amides is 1. The summed E-state index contributed by atoms with van der Waals surface area (Å²) in [6.07, 6.45) is 0. The lowest BCUT2D eigenvalue weighted by Gasteiger charge is -2.35. The summed E-state index contributed by atoms with van der Waals surface area (Å²) >= 11 is 0. The van der Waals surface area contributed by atoms with Crippen LogP contribution in [0.5, 0.6) is 0 Å². The molecule has 3 rings (SSSR count). The number of hydrogen-bond donors (Lipinski definition) is 1. The van der Waals surface area contributed by atoms with Crippen LogP contribution in [0, 0.1) is 10.1 Å². The highest BCUT2D eigenvalue weighted by atomic mass is 16.6. The third kappa shape index (κ3) is 4.06. The molecule has 1 N–H and O–H groups in total. The van der Waals surface area contributed by atoms with E-state index in [2.05, 4.69) is 5.32 Å². The van der Waals surface area contributed by atoms with Gasteiger partial charge in [0.15, 0.2) is 0 Å². The van der Waals surface area contributed by atoms with Crippen molar-refractivity contribution in [3.05, 3.63) is 64.7 Å². The Labute approximate surface area is 146 Å². The molecular formula is C18H20N4O3. The van der Waals surface area contributed by atoms with E-state index in [1.54, 1.807) is 23.1 Å². The second kappa shape index (κ2) is 7.65. The normalized spacial score (nSPS) is 14.2. The van der Waals surface area contributed by atoms with Gasteiger partial charge in [-0.25, -0.2) is 0 Å². The number of rotatable bonds is 5. The summed E-state index contributed by atoms with van der Waals surface area (Å²) in [6.45, 7) is 2.53. The van der Waals surface area contributed by atoms with E-state index < -0.39 is 0 Å². The highest BCUT2D eigenvalue weighted by molar-refractivity contribution is 5.81. The van der Waals surface area contributed by atoms with Gasteiger partial charge in [0.05, 0.1) is 11.5 Å². The molecule has 130 valence electrons. The smallest absolute Gasteiger partial charge is 0.292 e. The average molecular weight is 340 g/mol. The van der Waals surface area contributed by atoms with Crippen molar-refractivity contribution in [2.45, 2.75) is 0 Å². The Morgan fingerprint density at radius 2 is 1.64 bits per heavy atom. The third-order valence-electron chi connectivity index (χ3n) is 4.27. The molecule has 0 unspecified atom stereocenters. The molecule has 0 aromatic heterocycles. The Morgan fingerprint density at radius 1 is 1.00 bits per heavy atom. The number of nitrogens with one attached hydrogen (secondary N) is 1. The maximum Gasteiger partial charge on any atom is 0.292 e. The molecule has 25 heavy (non-hydrogen) atoms. The molecule has 1 aliphatic heterocycles. The van der Waals surface area contributed by atoms with Gasteiger partial charge in [0.25, 0.3) is 5.69 Å². The first-order valence-corrected chi connectivity index (χ1v) is 8.20. The van der Waals surface area contributed by atoms with Crippen molar-refractivity contribution in [1.82, 2.24) is 4.90 Å². The summed E-state index contributed by atoms with van der Waals surface area (Å²) in [5, 5.41) is 14.3. The highest BCUT2D eigenvalue weighted by Gasteiger charge is 2.25. The first-order valence-electron chi connectivity index (χ1n) is 8.20. The zero-order valence-electron chi connectivity index (χ0n) is 13.8. The number of carbonyl (C=O) groups excluding carboxylic acids is 1. The molecule has 2 aromatic rings. The monoisotopic (exact) mass is 340 g/mol. The molecule has 1 fully saturated rings. The highest BCUT2D eigenvalue weighted by Crippen LogP contribution is 2.28. The van der Waals surface area contributed by atoms with Crippen molar-refractivity contribution in [3.63, 3.8) is 0 Å². The summed E-state index contributed by atoms with van der Waals surface area (Å²) in [6, 6.07) is 16.3. The largest absolute Gasteiger partial charge is 0.376 e. The Morgan fingerprint density at radius 3 is 2.32 bits per heavy atom. The SMILES string of the molecule is O=C(CNc1ccccc1)N1CCN(c2ccccc2[N+](=O)[O-])CC1. The van der Waals surface area contributed by atoms with E-state index >= 15 is 0 Å². The molecule has 0 aliphatic carbocycles. The summed E-state index contributed by atoms with van der Waals surface area (Å²) in [5.41, 5.74) is 1.63. The number of anilines is 2. The van der Waals surface area contributed by atoms with E-state index in [9.17, 15) is 14.9 Å². The Balaban J connectivity index is 1.55. The number of hydrogen-bond acceptors (Lipinski definition) is 5. The van der Waals surface area contributed by atoms with Crippen LogP contribution in [-0.4, -0.2) is 48.5 Å². The van der Waals surface area contributed by atoms with Gasteiger partial charge >= 0.3 is 0 Å². The van der Waals surface area contributed by atoms with Crippen molar-refractivity contribution in [2.24, 2.45) is 0 Å². The minimum Gasteiger partial charge on any atom is -0.376 e. The standard InChI is InChI=1S/C18H20N4O3/c23-18(14-19-15-6-2-1-3-7-15)21-12-10-20(11-13-21)16-8-4-5-9-17(16)22(24)25/h1-9,19H,10-14H2. The summed E-state index contributed by atoms with van der Waals surface area (Å²) in [7, 11) is 0. The molecule has 1 amide bonds. The Kier molecular flexibility index (Phi) is 5.13. The minimum atomic E-state index is -0.364. The summed E-state index contributed by atoms with van der Waals surface area (Å²) in [4.78, 5) is 26.9. The molecule has 0 radical (unpaired) electrons. The number of carbonyl (C=O) groups is 1. The molecular weight excluding hydrogens is 320 g/mol. The average Bonchev–Trinajstić information content (AvgIpc) is 2.67. The molecule has 1 saturated heterocycles. The fourth-order valence-electron chi connectivity index (χ4n) is 2.93. The van der Waals surface area contributed by atoms with E-state index in [4.69, 9.17) is 0 Å². The molecule has 1 heterocycles. The van der Waals surface area contributed by atoms with Crippen molar-refractivity contribution in [3.8, 4) is 0 Å². The van der Waals surface area contributed by atoms with Gasteiger partial charge in [0.2, 0.25) is 5.91 Å². The van der Waals surface area contributed by atoms with E-state index in [1.807, 2.05) is 35.2 Å². The maximum atomic E-state index is 12.3. The van der Waals surface area contributed by atoms with Gasteiger partial charge in [-0.3, -0.25) is 14.9 Å². The van der Waals surface area contributed by atoms with Gasteiger partial charge in [-0.1, -0.05) is 30.3 Å². The minimum absolute atomic E-state index is 0.0334. The first kappa shape index (κ1) is 16.8. The van der Waals surface area contributed by atoms with Gasteiger partial charge < -0.3 is 15.1 Å². The number of nitro benzene ring substituents is 1. The van der Waals surface area contributed by atoms with Crippen LogP contribution in [0.4, 0.5) is 17.1 Å². The lowest BCUT2D eigenvalue weighted by Crippen LogP contribution is -2.50. The molecule has 0 spiro atoms. The molecule has 7 nitrogen and oxygen atoms in total. The number of benzene rings is 2. The number of piperazine rings is 1. The topological polar surface area (TPSA) is 78.7 Å².